The molecule has 0 aliphatic carbocycles. The van der Waals surface area contributed by atoms with Crippen molar-refractivity contribution in [3.05, 3.63) is 23.0 Å². The Morgan fingerprint density at radius 1 is 1.24 bits per heavy atom. The van der Waals surface area contributed by atoms with Crippen LogP contribution in [0.15, 0.2) is 12.3 Å². The van der Waals surface area contributed by atoms with E-state index in [2.05, 4.69) is 5.32 Å². The van der Waals surface area contributed by atoms with Gasteiger partial charge in [0.25, 0.3) is 5.91 Å². The van der Waals surface area contributed by atoms with E-state index >= 15 is 0 Å². The number of nitrogens with one attached hydrogen (secondary N) is 1. The van der Waals surface area contributed by atoms with Crippen molar-refractivity contribution in [2.75, 3.05) is 26.2 Å². The van der Waals surface area contributed by atoms with E-state index in [1.54, 1.807) is 12.3 Å². The van der Waals surface area contributed by atoms with Crippen molar-refractivity contribution < 1.29 is 4.79 Å². The molecule has 0 radical (unpaired) electrons. The highest BCUT2D eigenvalue weighted by molar-refractivity contribution is 6.31. The fourth-order valence-corrected chi connectivity index (χ4v) is 3.79. The molecule has 2 fully saturated rings. The molecule has 1 N–H and O–H groups in total. The van der Waals surface area contributed by atoms with Crippen molar-refractivity contribution >= 4 is 29.9 Å². The summed E-state index contributed by atoms with van der Waals surface area (Å²) in [6.07, 6.45) is 6.57. The van der Waals surface area contributed by atoms with Crippen LogP contribution in [0, 0.1) is 5.41 Å². The van der Waals surface area contributed by atoms with Gasteiger partial charge < -0.3 is 14.8 Å². The van der Waals surface area contributed by atoms with E-state index in [0.29, 0.717) is 16.1 Å². The topological polar surface area (TPSA) is 37.3 Å². The molecule has 1 amide bonds. The molecule has 1 aromatic heterocycles. The van der Waals surface area contributed by atoms with E-state index in [1.165, 1.54) is 12.8 Å². The molecule has 21 heavy (non-hydrogen) atoms. The van der Waals surface area contributed by atoms with Gasteiger partial charge in [0, 0.05) is 26.3 Å². The molecule has 2 aliphatic rings. The molecule has 1 spiro atoms. The van der Waals surface area contributed by atoms with Gasteiger partial charge in [-0.1, -0.05) is 11.6 Å². The van der Waals surface area contributed by atoms with Crippen molar-refractivity contribution in [1.29, 1.82) is 0 Å². The van der Waals surface area contributed by atoms with Crippen LogP contribution in [0.25, 0.3) is 0 Å². The van der Waals surface area contributed by atoms with E-state index < -0.39 is 0 Å². The first kappa shape index (κ1) is 16.7. The summed E-state index contributed by atoms with van der Waals surface area (Å²) in [7, 11) is 1.87. The monoisotopic (exact) mass is 331 g/mol. The predicted molar refractivity (Wildman–Crippen MR) is 87.3 cm³/mol. The number of piperidine rings is 2. The van der Waals surface area contributed by atoms with E-state index in [9.17, 15) is 4.79 Å². The summed E-state index contributed by atoms with van der Waals surface area (Å²) in [5, 5.41) is 4.06. The van der Waals surface area contributed by atoms with Gasteiger partial charge in [-0.2, -0.15) is 0 Å². The standard InChI is InChI=1S/C15H22ClN3O.ClH/c1-18-11-12(16)10-13(18)14(20)19-8-4-15(5-9-19)2-6-17-7-3-15;/h10-11,17H,2-9H2,1H3;1H. The van der Waals surface area contributed by atoms with Crippen LogP contribution in [0.3, 0.4) is 0 Å². The predicted octanol–water partition coefficient (Wildman–Crippen LogP) is 2.71. The first-order chi connectivity index (χ1) is 9.60. The van der Waals surface area contributed by atoms with Gasteiger partial charge >= 0.3 is 0 Å². The van der Waals surface area contributed by atoms with Crippen molar-refractivity contribution in [2.24, 2.45) is 12.5 Å². The largest absolute Gasteiger partial charge is 0.345 e. The molecule has 2 saturated heterocycles. The number of hydrogen-bond donors (Lipinski definition) is 1. The summed E-state index contributed by atoms with van der Waals surface area (Å²) in [5.74, 6) is 0.114. The molecule has 2 aliphatic heterocycles. The second-order valence-corrected chi connectivity index (χ2v) is 6.63. The highest BCUT2D eigenvalue weighted by Gasteiger charge is 2.37. The van der Waals surface area contributed by atoms with Gasteiger partial charge in [0.05, 0.1) is 5.02 Å². The minimum absolute atomic E-state index is 0. The fraction of sp³-hybridized carbons (Fsp3) is 0.667. The Morgan fingerprint density at radius 3 is 2.38 bits per heavy atom. The molecule has 118 valence electrons. The lowest BCUT2D eigenvalue weighted by molar-refractivity contribution is 0.0488. The third-order valence-corrected chi connectivity index (χ3v) is 5.17. The van der Waals surface area contributed by atoms with E-state index in [4.69, 9.17) is 11.6 Å². The smallest absolute Gasteiger partial charge is 0.270 e. The van der Waals surface area contributed by atoms with Crippen LogP contribution in [0.2, 0.25) is 5.02 Å². The van der Waals surface area contributed by atoms with Crippen molar-refractivity contribution in [2.45, 2.75) is 25.7 Å². The fourth-order valence-electron chi connectivity index (χ4n) is 3.54. The zero-order valence-corrected chi connectivity index (χ0v) is 14.0. The molecular weight excluding hydrogens is 309 g/mol. The van der Waals surface area contributed by atoms with Crippen LogP contribution in [0.4, 0.5) is 0 Å². The Kier molecular flexibility index (Phi) is 5.23. The Bertz CT molecular complexity index is 499. The number of aryl methyl sites for hydroxylation is 1. The van der Waals surface area contributed by atoms with Gasteiger partial charge in [0.15, 0.2) is 0 Å². The SMILES string of the molecule is Cl.Cn1cc(Cl)cc1C(=O)N1CCC2(CCNCC2)CC1. The molecule has 3 rings (SSSR count). The summed E-state index contributed by atoms with van der Waals surface area (Å²) in [5.41, 5.74) is 1.17. The highest BCUT2D eigenvalue weighted by atomic mass is 35.5. The first-order valence-corrected chi connectivity index (χ1v) is 7.79. The maximum absolute atomic E-state index is 12.5. The highest BCUT2D eigenvalue weighted by Crippen LogP contribution is 2.39. The number of likely N-dealkylation sites (tertiary alicyclic amines) is 1. The summed E-state index contributed by atoms with van der Waals surface area (Å²) in [6.45, 7) is 4.01. The summed E-state index contributed by atoms with van der Waals surface area (Å²) < 4.78 is 1.82. The molecule has 6 heteroatoms. The Hall–Kier alpha value is -0.710. The lowest BCUT2D eigenvalue weighted by Gasteiger charge is -2.44. The number of amides is 1. The third-order valence-electron chi connectivity index (χ3n) is 4.97. The minimum atomic E-state index is 0. The zero-order chi connectivity index (χ0) is 14.2. The number of hydrogen-bond acceptors (Lipinski definition) is 2. The van der Waals surface area contributed by atoms with Gasteiger partial charge in [0.2, 0.25) is 0 Å². The average Bonchev–Trinajstić information content (AvgIpc) is 2.79. The first-order valence-electron chi connectivity index (χ1n) is 7.42. The molecular formula is C15H23Cl2N3O. The quantitative estimate of drug-likeness (QED) is 0.859. The maximum Gasteiger partial charge on any atom is 0.270 e. The van der Waals surface area contributed by atoms with Gasteiger partial charge in [-0.05, 0) is 50.3 Å². The molecule has 0 unspecified atom stereocenters. The second-order valence-electron chi connectivity index (χ2n) is 6.20. The summed E-state index contributed by atoms with van der Waals surface area (Å²) >= 11 is 5.97. The lowest BCUT2D eigenvalue weighted by atomic mass is 9.71. The zero-order valence-electron chi connectivity index (χ0n) is 12.4. The molecule has 4 nitrogen and oxygen atoms in total. The number of halogens is 2. The Balaban J connectivity index is 0.00000161. The maximum atomic E-state index is 12.5. The summed E-state index contributed by atoms with van der Waals surface area (Å²) in [4.78, 5) is 14.5. The number of carbonyl (C=O) groups excluding carboxylic acids is 1. The summed E-state index contributed by atoms with van der Waals surface area (Å²) in [6, 6.07) is 1.76. The minimum Gasteiger partial charge on any atom is -0.345 e. The normalized spacial score (nSPS) is 21.1. The Labute approximate surface area is 137 Å². The van der Waals surface area contributed by atoms with Crippen LogP contribution < -0.4 is 5.32 Å². The van der Waals surface area contributed by atoms with Crippen LogP contribution >= 0.6 is 24.0 Å². The van der Waals surface area contributed by atoms with Gasteiger partial charge in [-0.15, -0.1) is 12.4 Å². The third kappa shape index (κ3) is 3.38. The van der Waals surface area contributed by atoms with Gasteiger partial charge in [-0.3, -0.25) is 4.79 Å². The van der Waals surface area contributed by atoms with Gasteiger partial charge in [0.1, 0.15) is 5.69 Å². The number of nitrogens with zero attached hydrogens (tertiary/aromatic N) is 2. The van der Waals surface area contributed by atoms with Crippen molar-refractivity contribution in [1.82, 2.24) is 14.8 Å². The second kappa shape index (κ2) is 6.59. The van der Waals surface area contributed by atoms with Crippen molar-refractivity contribution in [3.63, 3.8) is 0 Å². The van der Waals surface area contributed by atoms with Crippen LogP contribution in [0.1, 0.15) is 36.2 Å². The number of aromatic nitrogens is 1. The van der Waals surface area contributed by atoms with Crippen molar-refractivity contribution in [3.8, 4) is 0 Å². The molecule has 0 bridgehead atoms. The molecule has 3 heterocycles. The molecule has 0 atom stereocenters. The molecule has 0 aromatic carbocycles. The van der Waals surface area contributed by atoms with E-state index in [0.717, 1.165) is 39.0 Å². The lowest BCUT2D eigenvalue weighted by Crippen LogP contribution is -2.47. The number of rotatable bonds is 1. The number of carbonyl (C=O) groups is 1. The Morgan fingerprint density at radius 2 is 1.86 bits per heavy atom. The van der Waals surface area contributed by atoms with Gasteiger partial charge in [-0.25, -0.2) is 0 Å². The average molecular weight is 332 g/mol. The van der Waals surface area contributed by atoms with Crippen LogP contribution in [-0.2, 0) is 7.05 Å². The molecule has 0 saturated carbocycles. The van der Waals surface area contributed by atoms with E-state index in [1.807, 2.05) is 16.5 Å². The van der Waals surface area contributed by atoms with Crippen LogP contribution in [0.5, 0.6) is 0 Å². The molecule has 1 aromatic rings. The van der Waals surface area contributed by atoms with Crippen LogP contribution in [-0.4, -0.2) is 41.6 Å². The van der Waals surface area contributed by atoms with E-state index in [-0.39, 0.29) is 18.3 Å².